The maximum Gasteiger partial charge on any atom is 0.514 e. The van der Waals surface area contributed by atoms with Gasteiger partial charge in [-0.1, -0.05) is 61.6 Å². The molecule has 3 nitrogen and oxygen atoms in total. The molecule has 5 heteroatoms. The number of halogens is 1. The summed E-state index contributed by atoms with van der Waals surface area (Å²) in [5.74, 6) is 0. The lowest BCUT2D eigenvalue weighted by molar-refractivity contribution is 0.0700. The molecule has 0 bridgehead atoms. The molecule has 0 radical (unpaired) electrons. The van der Waals surface area contributed by atoms with Crippen LogP contribution in [0.25, 0.3) is 0 Å². The van der Waals surface area contributed by atoms with E-state index in [9.17, 15) is 0 Å². The standard InChI is InChI=1S/C14H31IO3Si/c1-5-9-10-11-12-13-14(15)19(16-6-2,17-7-3)18-8-4/h14H,5-13H2,1-4H3. The number of unbranched alkanes of at least 4 members (excludes halogenated alkanes) is 4. The maximum absolute atomic E-state index is 5.94. The maximum atomic E-state index is 5.94. The van der Waals surface area contributed by atoms with Gasteiger partial charge in [-0.15, -0.1) is 0 Å². The van der Waals surface area contributed by atoms with E-state index >= 15 is 0 Å². The van der Waals surface area contributed by atoms with Crippen molar-refractivity contribution in [1.82, 2.24) is 0 Å². The molecule has 0 aromatic heterocycles. The van der Waals surface area contributed by atoms with Gasteiger partial charge in [-0.05, 0) is 27.2 Å². The van der Waals surface area contributed by atoms with Crippen molar-refractivity contribution < 1.29 is 13.3 Å². The van der Waals surface area contributed by atoms with Crippen molar-refractivity contribution in [3.05, 3.63) is 0 Å². The van der Waals surface area contributed by atoms with Crippen molar-refractivity contribution in [2.45, 2.75) is 69.8 Å². The molecule has 116 valence electrons. The highest BCUT2D eigenvalue weighted by Crippen LogP contribution is 2.26. The highest BCUT2D eigenvalue weighted by molar-refractivity contribution is 14.1. The van der Waals surface area contributed by atoms with Crippen LogP contribution in [-0.2, 0) is 13.3 Å². The van der Waals surface area contributed by atoms with Crippen molar-refractivity contribution in [3.8, 4) is 0 Å². The predicted octanol–water partition coefficient (Wildman–Crippen LogP) is 4.74. The fourth-order valence-corrected chi connectivity index (χ4v) is 6.72. The van der Waals surface area contributed by atoms with Gasteiger partial charge in [-0.25, -0.2) is 0 Å². The third kappa shape index (κ3) is 7.99. The van der Waals surface area contributed by atoms with Crippen LogP contribution in [0.15, 0.2) is 0 Å². The summed E-state index contributed by atoms with van der Waals surface area (Å²) in [4.78, 5) is 0. The second-order valence-corrected chi connectivity index (χ2v) is 10.0. The fraction of sp³-hybridized carbons (Fsp3) is 1.00. The van der Waals surface area contributed by atoms with E-state index in [1.807, 2.05) is 20.8 Å². The van der Waals surface area contributed by atoms with Crippen LogP contribution in [0.1, 0.15) is 66.2 Å². The topological polar surface area (TPSA) is 27.7 Å². The van der Waals surface area contributed by atoms with Crippen LogP contribution in [0.4, 0.5) is 0 Å². The minimum Gasteiger partial charge on any atom is -0.373 e. The van der Waals surface area contributed by atoms with E-state index in [0.29, 0.717) is 23.4 Å². The summed E-state index contributed by atoms with van der Waals surface area (Å²) < 4.78 is 18.2. The van der Waals surface area contributed by atoms with Gasteiger partial charge in [-0.2, -0.15) is 0 Å². The van der Waals surface area contributed by atoms with E-state index in [2.05, 4.69) is 29.5 Å². The molecule has 0 spiro atoms. The highest BCUT2D eigenvalue weighted by atomic mass is 127. The van der Waals surface area contributed by atoms with Crippen molar-refractivity contribution >= 4 is 31.4 Å². The van der Waals surface area contributed by atoms with E-state index in [4.69, 9.17) is 13.3 Å². The van der Waals surface area contributed by atoms with E-state index in [1.165, 1.54) is 32.1 Å². The minimum absolute atomic E-state index is 0.367. The first kappa shape index (κ1) is 19.8. The van der Waals surface area contributed by atoms with E-state index in [1.54, 1.807) is 0 Å². The van der Waals surface area contributed by atoms with Crippen LogP contribution < -0.4 is 0 Å². The summed E-state index contributed by atoms with van der Waals surface area (Å²) in [5, 5.41) is 0. The summed E-state index contributed by atoms with van der Waals surface area (Å²) in [7, 11) is -2.48. The minimum atomic E-state index is -2.48. The lowest BCUT2D eigenvalue weighted by atomic mass is 10.1. The van der Waals surface area contributed by atoms with Gasteiger partial charge in [0.05, 0.1) is 3.55 Å². The Labute approximate surface area is 134 Å². The average Bonchev–Trinajstić information content (AvgIpc) is 2.39. The second kappa shape index (κ2) is 12.6. The van der Waals surface area contributed by atoms with E-state index in [-0.39, 0.29) is 0 Å². The van der Waals surface area contributed by atoms with Gasteiger partial charge in [0.15, 0.2) is 0 Å². The third-order valence-electron chi connectivity index (χ3n) is 2.98. The Morgan fingerprint density at radius 1 is 0.789 bits per heavy atom. The van der Waals surface area contributed by atoms with Crippen molar-refractivity contribution in [2.75, 3.05) is 19.8 Å². The van der Waals surface area contributed by atoms with Crippen LogP contribution in [-0.4, -0.2) is 32.2 Å². The Hall–Kier alpha value is 0.827. The molecule has 0 heterocycles. The SMILES string of the molecule is CCCCCCCC(I)[Si](OCC)(OCC)OCC. The van der Waals surface area contributed by atoms with Gasteiger partial charge in [-0.3, -0.25) is 0 Å². The molecule has 0 aliphatic rings. The summed E-state index contributed by atoms with van der Waals surface area (Å²) in [5.41, 5.74) is 0. The van der Waals surface area contributed by atoms with Gasteiger partial charge < -0.3 is 13.3 Å². The molecule has 0 aliphatic carbocycles. The number of hydrogen-bond acceptors (Lipinski definition) is 3. The van der Waals surface area contributed by atoms with Crippen LogP contribution in [0, 0.1) is 0 Å². The molecule has 0 fully saturated rings. The number of rotatable bonds is 13. The molecule has 0 saturated heterocycles. The normalized spacial score (nSPS) is 13.7. The first-order valence-corrected chi connectivity index (χ1v) is 10.8. The van der Waals surface area contributed by atoms with Gasteiger partial charge in [0.1, 0.15) is 0 Å². The predicted molar refractivity (Wildman–Crippen MR) is 91.8 cm³/mol. The van der Waals surface area contributed by atoms with Gasteiger partial charge in [0.2, 0.25) is 0 Å². The monoisotopic (exact) mass is 402 g/mol. The first-order valence-electron chi connectivity index (χ1n) is 7.72. The summed E-state index contributed by atoms with van der Waals surface area (Å²) >= 11 is 2.47. The van der Waals surface area contributed by atoms with Crippen molar-refractivity contribution in [1.29, 1.82) is 0 Å². The molecule has 0 aromatic carbocycles. The Kier molecular flexibility index (Phi) is 13.1. The Morgan fingerprint density at radius 3 is 1.68 bits per heavy atom. The van der Waals surface area contributed by atoms with E-state index < -0.39 is 8.80 Å². The molecule has 1 atom stereocenters. The molecule has 0 N–H and O–H groups in total. The van der Waals surface area contributed by atoms with Crippen LogP contribution in [0.3, 0.4) is 0 Å². The van der Waals surface area contributed by atoms with Crippen molar-refractivity contribution in [3.63, 3.8) is 0 Å². The molecule has 0 aromatic rings. The Morgan fingerprint density at radius 2 is 1.26 bits per heavy atom. The van der Waals surface area contributed by atoms with Gasteiger partial charge >= 0.3 is 8.80 Å². The molecule has 19 heavy (non-hydrogen) atoms. The summed E-state index contributed by atoms with van der Waals surface area (Å²) in [6.07, 6.45) is 7.67. The molecule has 1 unspecified atom stereocenters. The summed E-state index contributed by atoms with van der Waals surface area (Å²) in [6.45, 7) is 10.3. The molecule has 0 saturated carbocycles. The first-order chi connectivity index (χ1) is 9.16. The lowest BCUT2D eigenvalue weighted by Gasteiger charge is -2.32. The molecule has 0 aliphatic heterocycles. The second-order valence-electron chi connectivity index (χ2n) is 4.57. The van der Waals surface area contributed by atoms with E-state index in [0.717, 1.165) is 6.42 Å². The number of hydrogen-bond donors (Lipinski definition) is 0. The Balaban J connectivity index is 4.30. The highest BCUT2D eigenvalue weighted by Gasteiger charge is 2.47. The van der Waals surface area contributed by atoms with Gasteiger partial charge in [0.25, 0.3) is 0 Å². The van der Waals surface area contributed by atoms with Crippen LogP contribution in [0.5, 0.6) is 0 Å². The van der Waals surface area contributed by atoms with Crippen LogP contribution >= 0.6 is 22.6 Å². The number of alkyl halides is 1. The van der Waals surface area contributed by atoms with Crippen molar-refractivity contribution in [2.24, 2.45) is 0 Å². The fourth-order valence-electron chi connectivity index (χ4n) is 2.10. The van der Waals surface area contributed by atoms with Crippen LogP contribution in [0.2, 0.25) is 0 Å². The zero-order valence-electron chi connectivity index (χ0n) is 13.0. The lowest BCUT2D eigenvalue weighted by Crippen LogP contribution is -2.54. The largest absolute Gasteiger partial charge is 0.514 e. The molecule has 0 rings (SSSR count). The van der Waals surface area contributed by atoms with Gasteiger partial charge in [0, 0.05) is 19.8 Å². The smallest absolute Gasteiger partial charge is 0.373 e. The molecular formula is C14H31IO3Si. The Bertz CT molecular complexity index is 188. The molecular weight excluding hydrogens is 371 g/mol. The zero-order valence-corrected chi connectivity index (χ0v) is 16.2. The quantitative estimate of drug-likeness (QED) is 0.193. The molecule has 0 amide bonds. The summed E-state index contributed by atoms with van der Waals surface area (Å²) in [6, 6.07) is 0. The zero-order chi connectivity index (χ0) is 14.6. The third-order valence-corrected chi connectivity index (χ3v) is 9.02. The average molecular weight is 402 g/mol.